The highest BCUT2D eigenvalue weighted by molar-refractivity contribution is 5.80. The molecule has 138 valence electrons. The Kier molecular flexibility index (Phi) is 8.09. The molecule has 1 aliphatic rings. The van der Waals surface area contributed by atoms with Crippen LogP contribution in [0, 0.1) is 5.92 Å². The summed E-state index contributed by atoms with van der Waals surface area (Å²) < 4.78 is 15.7. The Balaban J connectivity index is 1.53. The first kappa shape index (κ1) is 19.1. The maximum Gasteiger partial charge on any atom is 0.306 e. The normalized spacial score (nSPS) is 14.1. The fourth-order valence-corrected chi connectivity index (χ4v) is 2.98. The zero-order valence-corrected chi connectivity index (χ0v) is 14.8. The van der Waals surface area contributed by atoms with Gasteiger partial charge in [-0.25, -0.2) is 0 Å². The SMILES string of the molecule is COc1ccccc1OCCNC(=O)COC(=O)CCC1CCCC1. The number of rotatable bonds is 10. The maximum atomic E-state index is 11.7. The minimum absolute atomic E-state index is 0.238. The number of esters is 1. The summed E-state index contributed by atoms with van der Waals surface area (Å²) in [4.78, 5) is 23.3. The molecule has 0 unspecified atom stereocenters. The highest BCUT2D eigenvalue weighted by atomic mass is 16.5. The molecule has 6 nitrogen and oxygen atoms in total. The number of methoxy groups -OCH3 is 1. The standard InChI is InChI=1S/C19H27NO5/c1-23-16-8-4-5-9-17(16)24-13-12-20-18(21)14-25-19(22)11-10-15-6-2-3-7-15/h4-5,8-9,15H,2-3,6-7,10-14H2,1H3,(H,20,21). The summed E-state index contributed by atoms with van der Waals surface area (Å²) in [6, 6.07) is 7.31. The van der Waals surface area contributed by atoms with Crippen molar-refractivity contribution < 1.29 is 23.8 Å². The van der Waals surface area contributed by atoms with Crippen LogP contribution < -0.4 is 14.8 Å². The van der Waals surface area contributed by atoms with Crippen LogP contribution in [0.15, 0.2) is 24.3 Å². The molecule has 0 spiro atoms. The van der Waals surface area contributed by atoms with Crippen LogP contribution in [0.3, 0.4) is 0 Å². The van der Waals surface area contributed by atoms with Crippen LogP contribution in [0.5, 0.6) is 11.5 Å². The molecule has 0 aromatic heterocycles. The highest BCUT2D eigenvalue weighted by Gasteiger charge is 2.17. The van der Waals surface area contributed by atoms with E-state index in [9.17, 15) is 9.59 Å². The fourth-order valence-electron chi connectivity index (χ4n) is 2.98. The van der Waals surface area contributed by atoms with Crippen LogP contribution >= 0.6 is 0 Å². The first-order chi connectivity index (χ1) is 12.2. The minimum Gasteiger partial charge on any atom is -0.493 e. The van der Waals surface area contributed by atoms with E-state index in [1.54, 1.807) is 19.2 Å². The second-order valence-corrected chi connectivity index (χ2v) is 6.20. The van der Waals surface area contributed by atoms with Crippen molar-refractivity contribution in [2.24, 2.45) is 5.92 Å². The monoisotopic (exact) mass is 349 g/mol. The van der Waals surface area contributed by atoms with Gasteiger partial charge in [-0.15, -0.1) is 0 Å². The van der Waals surface area contributed by atoms with Gasteiger partial charge in [0.2, 0.25) is 0 Å². The second kappa shape index (κ2) is 10.6. The predicted molar refractivity (Wildman–Crippen MR) is 93.6 cm³/mol. The van der Waals surface area contributed by atoms with Gasteiger partial charge < -0.3 is 19.5 Å². The van der Waals surface area contributed by atoms with Gasteiger partial charge in [0.25, 0.3) is 5.91 Å². The molecule has 1 aromatic carbocycles. The predicted octanol–water partition coefficient (Wildman–Crippen LogP) is 2.70. The van der Waals surface area contributed by atoms with Gasteiger partial charge in [0.15, 0.2) is 18.1 Å². The molecule has 2 rings (SSSR count). The van der Waals surface area contributed by atoms with Gasteiger partial charge in [0, 0.05) is 6.42 Å². The van der Waals surface area contributed by atoms with Crippen molar-refractivity contribution in [3.8, 4) is 11.5 Å². The molecule has 0 atom stereocenters. The zero-order chi connectivity index (χ0) is 17.9. The zero-order valence-electron chi connectivity index (χ0n) is 14.8. The Bertz CT molecular complexity index is 555. The summed E-state index contributed by atoms with van der Waals surface area (Å²) in [7, 11) is 1.57. The van der Waals surface area contributed by atoms with Crippen molar-refractivity contribution in [1.29, 1.82) is 0 Å². The lowest BCUT2D eigenvalue weighted by Gasteiger charge is -2.11. The first-order valence-electron chi connectivity index (χ1n) is 8.87. The maximum absolute atomic E-state index is 11.7. The first-order valence-corrected chi connectivity index (χ1v) is 8.87. The smallest absolute Gasteiger partial charge is 0.306 e. The van der Waals surface area contributed by atoms with Gasteiger partial charge in [-0.1, -0.05) is 37.8 Å². The number of ether oxygens (including phenoxy) is 3. The van der Waals surface area contributed by atoms with E-state index in [-0.39, 0.29) is 18.5 Å². The Morgan fingerprint density at radius 2 is 1.88 bits per heavy atom. The number of hydrogen-bond donors (Lipinski definition) is 1. The molecule has 0 saturated heterocycles. The molecule has 1 saturated carbocycles. The van der Waals surface area contributed by atoms with Gasteiger partial charge >= 0.3 is 5.97 Å². The average molecular weight is 349 g/mol. The Morgan fingerprint density at radius 3 is 2.60 bits per heavy atom. The van der Waals surface area contributed by atoms with Gasteiger partial charge in [-0.05, 0) is 24.5 Å². The van der Waals surface area contributed by atoms with Gasteiger partial charge in [0.05, 0.1) is 13.7 Å². The molecule has 0 bridgehead atoms. The second-order valence-electron chi connectivity index (χ2n) is 6.20. The van der Waals surface area contributed by atoms with Gasteiger partial charge in [-0.3, -0.25) is 9.59 Å². The van der Waals surface area contributed by atoms with Crippen molar-refractivity contribution in [3.05, 3.63) is 24.3 Å². The topological polar surface area (TPSA) is 73.9 Å². The molecule has 0 radical (unpaired) electrons. The lowest BCUT2D eigenvalue weighted by Crippen LogP contribution is -2.32. The lowest BCUT2D eigenvalue weighted by atomic mass is 10.0. The molecule has 25 heavy (non-hydrogen) atoms. The van der Waals surface area contributed by atoms with E-state index in [1.807, 2.05) is 12.1 Å². The molecule has 1 aliphatic carbocycles. The molecule has 1 amide bonds. The summed E-state index contributed by atoms with van der Waals surface area (Å²) >= 11 is 0. The quantitative estimate of drug-likeness (QED) is 0.519. The number of carbonyl (C=O) groups is 2. The molecular weight excluding hydrogens is 322 g/mol. The lowest BCUT2D eigenvalue weighted by molar-refractivity contribution is -0.148. The van der Waals surface area contributed by atoms with Crippen LogP contribution in [0.2, 0.25) is 0 Å². The van der Waals surface area contributed by atoms with E-state index >= 15 is 0 Å². The average Bonchev–Trinajstić information content (AvgIpc) is 3.15. The highest BCUT2D eigenvalue weighted by Crippen LogP contribution is 2.28. The Hall–Kier alpha value is -2.24. The number of para-hydroxylation sites is 2. The van der Waals surface area contributed by atoms with Crippen molar-refractivity contribution in [1.82, 2.24) is 5.32 Å². The van der Waals surface area contributed by atoms with Crippen LogP contribution in [-0.2, 0) is 14.3 Å². The van der Waals surface area contributed by atoms with E-state index in [2.05, 4.69) is 5.32 Å². The molecule has 6 heteroatoms. The van der Waals surface area contributed by atoms with Crippen molar-refractivity contribution in [2.75, 3.05) is 26.9 Å². The van der Waals surface area contributed by atoms with E-state index in [1.165, 1.54) is 25.7 Å². The number of hydrogen-bond acceptors (Lipinski definition) is 5. The van der Waals surface area contributed by atoms with E-state index in [4.69, 9.17) is 14.2 Å². The number of amides is 1. The molecule has 1 fully saturated rings. The number of carbonyl (C=O) groups excluding carboxylic acids is 2. The molecule has 0 heterocycles. The largest absolute Gasteiger partial charge is 0.493 e. The third-order valence-electron chi connectivity index (χ3n) is 4.35. The van der Waals surface area contributed by atoms with E-state index < -0.39 is 0 Å². The van der Waals surface area contributed by atoms with Crippen molar-refractivity contribution in [2.45, 2.75) is 38.5 Å². The Morgan fingerprint density at radius 1 is 1.16 bits per heavy atom. The summed E-state index contributed by atoms with van der Waals surface area (Å²) in [6.07, 6.45) is 6.21. The third kappa shape index (κ3) is 7.03. The van der Waals surface area contributed by atoms with E-state index in [0.29, 0.717) is 37.0 Å². The van der Waals surface area contributed by atoms with Crippen LogP contribution in [-0.4, -0.2) is 38.7 Å². The third-order valence-corrected chi connectivity index (χ3v) is 4.35. The summed E-state index contributed by atoms with van der Waals surface area (Å²) in [6.45, 7) is 0.399. The summed E-state index contributed by atoms with van der Waals surface area (Å²) in [5.41, 5.74) is 0. The van der Waals surface area contributed by atoms with Crippen LogP contribution in [0.1, 0.15) is 38.5 Å². The van der Waals surface area contributed by atoms with Crippen LogP contribution in [0.4, 0.5) is 0 Å². The molecule has 1 N–H and O–H groups in total. The van der Waals surface area contributed by atoms with Crippen LogP contribution in [0.25, 0.3) is 0 Å². The van der Waals surface area contributed by atoms with Gasteiger partial charge in [0.1, 0.15) is 6.61 Å². The van der Waals surface area contributed by atoms with Crippen molar-refractivity contribution >= 4 is 11.9 Å². The minimum atomic E-state index is -0.321. The van der Waals surface area contributed by atoms with Gasteiger partial charge in [-0.2, -0.15) is 0 Å². The Labute approximate surface area is 148 Å². The fraction of sp³-hybridized carbons (Fsp3) is 0.579. The van der Waals surface area contributed by atoms with E-state index in [0.717, 1.165) is 6.42 Å². The molecule has 1 aromatic rings. The van der Waals surface area contributed by atoms with Crippen molar-refractivity contribution in [3.63, 3.8) is 0 Å². The number of nitrogens with one attached hydrogen (secondary N) is 1. The summed E-state index contributed by atoms with van der Waals surface area (Å²) in [5.74, 6) is 1.29. The molecule has 0 aliphatic heterocycles. The summed E-state index contributed by atoms with van der Waals surface area (Å²) in [5, 5.41) is 2.66. The molecular formula is C19H27NO5. The number of benzene rings is 1.